The van der Waals surface area contributed by atoms with Crippen LogP contribution in [0.5, 0.6) is 11.5 Å². The minimum absolute atomic E-state index is 0.309. The molecule has 0 fully saturated rings. The standard InChI is InChI=1S/C10H10ClNO2/c1-13-8-5-7(3-4-12)6-9(14-2)10(8)11/h5-6H,3H2,1-2H3. The van der Waals surface area contributed by atoms with E-state index in [1.165, 1.54) is 14.2 Å². The molecule has 0 heterocycles. The van der Waals surface area contributed by atoms with E-state index in [9.17, 15) is 0 Å². The molecule has 0 aromatic heterocycles. The van der Waals surface area contributed by atoms with Gasteiger partial charge in [0.05, 0.1) is 26.7 Å². The van der Waals surface area contributed by atoms with Gasteiger partial charge in [-0.05, 0) is 17.7 Å². The molecule has 0 aliphatic rings. The van der Waals surface area contributed by atoms with Crippen LogP contribution in [0, 0.1) is 11.3 Å². The number of nitriles is 1. The van der Waals surface area contributed by atoms with Crippen molar-refractivity contribution in [2.45, 2.75) is 6.42 Å². The van der Waals surface area contributed by atoms with Crippen molar-refractivity contribution in [3.63, 3.8) is 0 Å². The fourth-order valence-electron chi connectivity index (χ4n) is 1.12. The highest BCUT2D eigenvalue weighted by Gasteiger charge is 2.09. The SMILES string of the molecule is COc1cc(CC#N)cc(OC)c1Cl. The first-order valence-corrected chi connectivity index (χ1v) is 4.38. The summed E-state index contributed by atoms with van der Waals surface area (Å²) < 4.78 is 10.1. The fourth-order valence-corrected chi connectivity index (χ4v) is 1.38. The van der Waals surface area contributed by atoms with E-state index < -0.39 is 0 Å². The molecule has 0 aliphatic heterocycles. The van der Waals surface area contributed by atoms with Gasteiger partial charge >= 0.3 is 0 Å². The second-order valence-corrected chi connectivity index (χ2v) is 3.03. The molecular weight excluding hydrogens is 202 g/mol. The van der Waals surface area contributed by atoms with Crippen LogP contribution in [0.25, 0.3) is 0 Å². The van der Waals surface area contributed by atoms with Crippen molar-refractivity contribution in [2.75, 3.05) is 14.2 Å². The monoisotopic (exact) mass is 211 g/mol. The van der Waals surface area contributed by atoms with Gasteiger partial charge in [0.2, 0.25) is 0 Å². The third kappa shape index (κ3) is 2.09. The van der Waals surface area contributed by atoms with Crippen molar-refractivity contribution in [1.29, 1.82) is 5.26 Å². The smallest absolute Gasteiger partial charge is 0.141 e. The fraction of sp³-hybridized carbons (Fsp3) is 0.300. The van der Waals surface area contributed by atoms with Crippen LogP contribution in [0.3, 0.4) is 0 Å². The zero-order chi connectivity index (χ0) is 10.6. The van der Waals surface area contributed by atoms with Gasteiger partial charge in [-0.25, -0.2) is 0 Å². The summed E-state index contributed by atoms with van der Waals surface area (Å²) in [5.74, 6) is 1.05. The lowest BCUT2D eigenvalue weighted by molar-refractivity contribution is 0.394. The van der Waals surface area contributed by atoms with Gasteiger partial charge in [0, 0.05) is 0 Å². The Labute approximate surface area is 87.8 Å². The van der Waals surface area contributed by atoms with E-state index in [0.29, 0.717) is 22.9 Å². The molecule has 4 heteroatoms. The molecule has 0 radical (unpaired) electrons. The zero-order valence-electron chi connectivity index (χ0n) is 8.00. The molecule has 0 spiro atoms. The highest BCUT2D eigenvalue weighted by molar-refractivity contribution is 6.33. The number of benzene rings is 1. The molecule has 0 N–H and O–H groups in total. The Morgan fingerprint density at radius 1 is 1.29 bits per heavy atom. The van der Waals surface area contributed by atoms with Crippen molar-refractivity contribution in [3.05, 3.63) is 22.7 Å². The van der Waals surface area contributed by atoms with Crippen LogP contribution in [0.15, 0.2) is 12.1 Å². The van der Waals surface area contributed by atoms with Crippen LogP contribution in [0.1, 0.15) is 5.56 Å². The van der Waals surface area contributed by atoms with Gasteiger partial charge in [0.25, 0.3) is 0 Å². The summed E-state index contributed by atoms with van der Waals surface area (Å²) in [5, 5.41) is 8.98. The Hall–Kier alpha value is -1.40. The summed E-state index contributed by atoms with van der Waals surface area (Å²) in [5.41, 5.74) is 0.825. The molecule has 74 valence electrons. The molecule has 1 aromatic rings. The van der Waals surface area contributed by atoms with Crippen LogP contribution in [-0.2, 0) is 6.42 Å². The molecule has 0 saturated heterocycles. The van der Waals surface area contributed by atoms with Gasteiger partial charge in [-0.3, -0.25) is 0 Å². The van der Waals surface area contributed by atoms with Crippen LogP contribution in [-0.4, -0.2) is 14.2 Å². The molecule has 0 aliphatic carbocycles. The first kappa shape index (κ1) is 10.7. The van der Waals surface area contributed by atoms with Crippen LogP contribution < -0.4 is 9.47 Å². The molecular formula is C10H10ClNO2. The largest absolute Gasteiger partial charge is 0.495 e. The quantitative estimate of drug-likeness (QED) is 0.771. The third-order valence-corrected chi connectivity index (χ3v) is 2.16. The predicted molar refractivity (Wildman–Crippen MR) is 53.9 cm³/mol. The van der Waals surface area contributed by atoms with E-state index in [2.05, 4.69) is 6.07 Å². The molecule has 1 rings (SSSR count). The Kier molecular flexibility index (Phi) is 3.61. The Morgan fingerprint density at radius 3 is 2.14 bits per heavy atom. The van der Waals surface area contributed by atoms with E-state index in [0.717, 1.165) is 5.56 Å². The Balaban J connectivity index is 3.19. The summed E-state index contributed by atoms with van der Waals surface area (Å²) in [4.78, 5) is 0. The summed E-state index contributed by atoms with van der Waals surface area (Å²) in [6, 6.07) is 5.51. The maximum absolute atomic E-state index is 8.55. The summed E-state index contributed by atoms with van der Waals surface area (Å²) in [6.45, 7) is 0. The number of ether oxygens (including phenoxy) is 2. The molecule has 0 saturated carbocycles. The molecule has 1 aromatic carbocycles. The minimum atomic E-state index is 0.309. The molecule has 0 amide bonds. The number of nitrogens with zero attached hydrogens (tertiary/aromatic N) is 1. The maximum Gasteiger partial charge on any atom is 0.141 e. The highest BCUT2D eigenvalue weighted by Crippen LogP contribution is 2.35. The van der Waals surface area contributed by atoms with E-state index >= 15 is 0 Å². The molecule has 3 nitrogen and oxygen atoms in total. The Bertz CT molecular complexity index is 346. The predicted octanol–water partition coefficient (Wildman–Crippen LogP) is 2.42. The van der Waals surface area contributed by atoms with Crippen LogP contribution in [0.2, 0.25) is 5.02 Å². The topological polar surface area (TPSA) is 42.2 Å². The van der Waals surface area contributed by atoms with Gasteiger partial charge in [0.1, 0.15) is 16.5 Å². The number of halogens is 1. The van der Waals surface area contributed by atoms with E-state index in [1.54, 1.807) is 12.1 Å². The lowest BCUT2D eigenvalue weighted by Crippen LogP contribution is -1.92. The summed E-state index contributed by atoms with van der Waals surface area (Å²) >= 11 is 5.95. The van der Waals surface area contributed by atoms with E-state index in [-0.39, 0.29) is 0 Å². The third-order valence-electron chi connectivity index (χ3n) is 1.79. The van der Waals surface area contributed by atoms with Crippen molar-refractivity contribution in [3.8, 4) is 17.6 Å². The van der Waals surface area contributed by atoms with E-state index in [4.69, 9.17) is 26.3 Å². The second kappa shape index (κ2) is 4.73. The van der Waals surface area contributed by atoms with Crippen LogP contribution in [0.4, 0.5) is 0 Å². The minimum Gasteiger partial charge on any atom is -0.495 e. The van der Waals surface area contributed by atoms with Crippen molar-refractivity contribution >= 4 is 11.6 Å². The average molecular weight is 212 g/mol. The molecule has 0 atom stereocenters. The molecule has 0 unspecified atom stereocenters. The van der Waals surface area contributed by atoms with E-state index in [1.807, 2.05) is 0 Å². The molecule has 0 bridgehead atoms. The van der Waals surface area contributed by atoms with Gasteiger partial charge < -0.3 is 9.47 Å². The lowest BCUT2D eigenvalue weighted by atomic mass is 10.1. The maximum atomic E-state index is 8.55. The number of rotatable bonds is 3. The number of methoxy groups -OCH3 is 2. The van der Waals surface area contributed by atoms with Gasteiger partial charge in [0.15, 0.2) is 0 Å². The number of hydrogen-bond acceptors (Lipinski definition) is 3. The summed E-state index contributed by atoms with van der Waals surface area (Å²) in [6.07, 6.45) is 0.309. The van der Waals surface area contributed by atoms with Crippen molar-refractivity contribution < 1.29 is 9.47 Å². The summed E-state index contributed by atoms with van der Waals surface area (Å²) in [7, 11) is 3.05. The lowest BCUT2D eigenvalue weighted by Gasteiger charge is -2.09. The normalized spacial score (nSPS) is 9.29. The highest BCUT2D eigenvalue weighted by atomic mass is 35.5. The number of hydrogen-bond donors (Lipinski definition) is 0. The van der Waals surface area contributed by atoms with Gasteiger partial charge in [-0.1, -0.05) is 11.6 Å². The first-order chi connectivity index (χ1) is 6.72. The van der Waals surface area contributed by atoms with Gasteiger partial charge in [-0.2, -0.15) is 5.26 Å². The first-order valence-electron chi connectivity index (χ1n) is 4.00. The van der Waals surface area contributed by atoms with Crippen molar-refractivity contribution in [1.82, 2.24) is 0 Å². The average Bonchev–Trinajstić information content (AvgIpc) is 2.20. The van der Waals surface area contributed by atoms with Gasteiger partial charge in [-0.15, -0.1) is 0 Å². The Morgan fingerprint density at radius 2 is 1.79 bits per heavy atom. The molecule has 14 heavy (non-hydrogen) atoms. The second-order valence-electron chi connectivity index (χ2n) is 2.65. The zero-order valence-corrected chi connectivity index (χ0v) is 8.76. The van der Waals surface area contributed by atoms with Crippen LogP contribution >= 0.6 is 11.6 Å². The van der Waals surface area contributed by atoms with Crippen molar-refractivity contribution in [2.24, 2.45) is 0 Å².